The number of rotatable bonds is 2. The Kier molecular flexibility index (Phi) is 2.99. The van der Waals surface area contributed by atoms with Crippen molar-refractivity contribution in [3.05, 3.63) is 35.9 Å². The van der Waals surface area contributed by atoms with Gasteiger partial charge in [-0.05, 0) is 12.1 Å². The SMILES string of the molecule is CNC(=O)C1CN(c2nc3ccccc3cc2C#N)C1. The molecular formula is C15H14N4O. The third-order valence-electron chi connectivity index (χ3n) is 3.62. The van der Waals surface area contributed by atoms with Gasteiger partial charge < -0.3 is 10.2 Å². The van der Waals surface area contributed by atoms with Gasteiger partial charge in [0.2, 0.25) is 5.91 Å². The first-order valence-corrected chi connectivity index (χ1v) is 6.49. The van der Waals surface area contributed by atoms with E-state index in [0.29, 0.717) is 24.5 Å². The van der Waals surface area contributed by atoms with Gasteiger partial charge in [0.1, 0.15) is 11.9 Å². The predicted molar refractivity (Wildman–Crippen MR) is 76.2 cm³/mol. The molecule has 1 aliphatic rings. The quantitative estimate of drug-likeness (QED) is 0.889. The molecule has 20 heavy (non-hydrogen) atoms. The average Bonchev–Trinajstić information content (AvgIpc) is 2.44. The van der Waals surface area contributed by atoms with Gasteiger partial charge in [0.05, 0.1) is 17.0 Å². The van der Waals surface area contributed by atoms with E-state index in [1.165, 1.54) is 0 Å². The molecule has 0 radical (unpaired) electrons. The van der Waals surface area contributed by atoms with Crippen molar-refractivity contribution in [2.24, 2.45) is 5.92 Å². The van der Waals surface area contributed by atoms with Crippen LogP contribution in [0.1, 0.15) is 5.56 Å². The van der Waals surface area contributed by atoms with Crippen LogP contribution in [0.5, 0.6) is 0 Å². The summed E-state index contributed by atoms with van der Waals surface area (Å²) < 4.78 is 0. The lowest BCUT2D eigenvalue weighted by molar-refractivity contribution is -0.125. The first kappa shape index (κ1) is 12.4. The van der Waals surface area contributed by atoms with E-state index in [1.54, 1.807) is 7.05 Å². The number of nitriles is 1. The summed E-state index contributed by atoms with van der Waals surface area (Å²) in [4.78, 5) is 18.1. The van der Waals surface area contributed by atoms with Gasteiger partial charge in [0.25, 0.3) is 0 Å². The van der Waals surface area contributed by atoms with Crippen LogP contribution in [0.2, 0.25) is 0 Å². The smallest absolute Gasteiger partial charge is 0.226 e. The van der Waals surface area contributed by atoms with Crippen molar-refractivity contribution in [3.63, 3.8) is 0 Å². The Morgan fingerprint density at radius 1 is 1.45 bits per heavy atom. The van der Waals surface area contributed by atoms with E-state index in [4.69, 9.17) is 0 Å². The molecule has 5 heteroatoms. The Labute approximate surface area is 116 Å². The van der Waals surface area contributed by atoms with Crippen molar-refractivity contribution in [3.8, 4) is 6.07 Å². The zero-order chi connectivity index (χ0) is 14.1. The zero-order valence-electron chi connectivity index (χ0n) is 11.1. The first-order chi connectivity index (χ1) is 9.72. The maximum Gasteiger partial charge on any atom is 0.226 e. The molecule has 1 amide bonds. The number of pyridine rings is 1. The molecule has 0 saturated carbocycles. The molecule has 2 heterocycles. The van der Waals surface area contributed by atoms with E-state index in [0.717, 1.165) is 10.9 Å². The summed E-state index contributed by atoms with van der Waals surface area (Å²) in [5.41, 5.74) is 1.42. The Bertz CT molecular complexity index is 713. The second-order valence-corrected chi connectivity index (χ2v) is 4.88. The van der Waals surface area contributed by atoms with E-state index in [-0.39, 0.29) is 11.8 Å². The van der Waals surface area contributed by atoms with Crippen LogP contribution in [-0.4, -0.2) is 31.0 Å². The van der Waals surface area contributed by atoms with E-state index in [9.17, 15) is 10.1 Å². The maximum absolute atomic E-state index is 11.5. The summed E-state index contributed by atoms with van der Waals surface area (Å²) in [6.45, 7) is 1.22. The van der Waals surface area contributed by atoms with Crippen molar-refractivity contribution in [1.29, 1.82) is 5.26 Å². The molecule has 1 aromatic carbocycles. The van der Waals surface area contributed by atoms with Gasteiger partial charge in [-0.25, -0.2) is 4.98 Å². The van der Waals surface area contributed by atoms with E-state index < -0.39 is 0 Å². The fourth-order valence-corrected chi connectivity index (χ4v) is 2.45. The summed E-state index contributed by atoms with van der Waals surface area (Å²) in [6, 6.07) is 11.8. The van der Waals surface area contributed by atoms with Crippen LogP contribution in [0, 0.1) is 17.2 Å². The van der Waals surface area contributed by atoms with E-state index >= 15 is 0 Å². The third kappa shape index (κ3) is 1.95. The molecule has 0 spiro atoms. The van der Waals surface area contributed by atoms with Crippen LogP contribution in [0.15, 0.2) is 30.3 Å². The Hall–Kier alpha value is -2.61. The van der Waals surface area contributed by atoms with Crippen LogP contribution >= 0.6 is 0 Å². The highest BCUT2D eigenvalue weighted by atomic mass is 16.1. The van der Waals surface area contributed by atoms with E-state index in [2.05, 4.69) is 16.4 Å². The van der Waals surface area contributed by atoms with E-state index in [1.807, 2.05) is 35.2 Å². The van der Waals surface area contributed by atoms with Gasteiger partial charge in [-0.15, -0.1) is 0 Å². The highest BCUT2D eigenvalue weighted by Crippen LogP contribution is 2.28. The molecule has 3 rings (SSSR count). The van der Waals surface area contributed by atoms with Gasteiger partial charge in [0.15, 0.2) is 0 Å². The predicted octanol–water partition coefficient (Wildman–Crippen LogP) is 1.29. The lowest BCUT2D eigenvalue weighted by atomic mass is 9.98. The molecule has 5 nitrogen and oxygen atoms in total. The number of amides is 1. The van der Waals surface area contributed by atoms with Crippen LogP contribution in [0.4, 0.5) is 5.82 Å². The van der Waals surface area contributed by atoms with Crippen LogP contribution in [-0.2, 0) is 4.79 Å². The monoisotopic (exact) mass is 266 g/mol. The molecule has 1 fully saturated rings. The maximum atomic E-state index is 11.5. The molecule has 1 saturated heterocycles. The average molecular weight is 266 g/mol. The number of benzene rings is 1. The fourth-order valence-electron chi connectivity index (χ4n) is 2.45. The summed E-state index contributed by atoms with van der Waals surface area (Å²) >= 11 is 0. The van der Waals surface area contributed by atoms with Crippen molar-refractivity contribution in [2.75, 3.05) is 25.0 Å². The third-order valence-corrected chi connectivity index (χ3v) is 3.62. The molecule has 2 aromatic rings. The molecule has 0 unspecified atom stereocenters. The minimum atomic E-state index is -0.0141. The Morgan fingerprint density at radius 3 is 2.90 bits per heavy atom. The molecule has 1 aromatic heterocycles. The largest absolute Gasteiger partial charge is 0.359 e. The molecule has 1 N–H and O–H groups in total. The number of hydrogen-bond donors (Lipinski definition) is 1. The van der Waals surface area contributed by atoms with Crippen LogP contribution < -0.4 is 10.2 Å². The molecule has 100 valence electrons. The number of nitrogens with one attached hydrogen (secondary N) is 1. The topological polar surface area (TPSA) is 69.0 Å². The molecule has 0 atom stereocenters. The van der Waals surface area contributed by atoms with Crippen molar-refractivity contribution >= 4 is 22.6 Å². The van der Waals surface area contributed by atoms with Gasteiger partial charge in [-0.1, -0.05) is 18.2 Å². The number of para-hydroxylation sites is 1. The minimum Gasteiger partial charge on any atom is -0.359 e. The summed E-state index contributed by atoms with van der Waals surface area (Å²) in [7, 11) is 1.64. The highest BCUT2D eigenvalue weighted by molar-refractivity contribution is 5.85. The number of hydrogen-bond acceptors (Lipinski definition) is 4. The minimum absolute atomic E-state index is 0.0141. The second-order valence-electron chi connectivity index (χ2n) is 4.88. The van der Waals surface area contributed by atoms with Gasteiger partial charge in [-0.2, -0.15) is 5.26 Å². The van der Waals surface area contributed by atoms with Crippen molar-refractivity contribution in [1.82, 2.24) is 10.3 Å². The zero-order valence-corrected chi connectivity index (χ0v) is 11.1. The number of carbonyl (C=O) groups excluding carboxylic acids is 1. The molecule has 0 bridgehead atoms. The van der Waals surface area contributed by atoms with Gasteiger partial charge >= 0.3 is 0 Å². The normalized spacial score (nSPS) is 14.7. The second kappa shape index (κ2) is 4.82. The summed E-state index contributed by atoms with van der Waals surface area (Å²) in [5.74, 6) is 0.701. The lowest BCUT2D eigenvalue weighted by Crippen LogP contribution is -2.53. The van der Waals surface area contributed by atoms with Gasteiger partial charge in [-0.3, -0.25) is 4.79 Å². The molecule has 0 aliphatic carbocycles. The number of nitrogens with zero attached hydrogens (tertiary/aromatic N) is 3. The van der Waals surface area contributed by atoms with Crippen LogP contribution in [0.25, 0.3) is 10.9 Å². The number of anilines is 1. The number of carbonyl (C=O) groups is 1. The first-order valence-electron chi connectivity index (χ1n) is 6.49. The van der Waals surface area contributed by atoms with Gasteiger partial charge in [0, 0.05) is 25.5 Å². The van der Waals surface area contributed by atoms with Crippen molar-refractivity contribution < 1.29 is 4.79 Å². The molecular weight excluding hydrogens is 252 g/mol. The number of fused-ring (bicyclic) bond motifs is 1. The fraction of sp³-hybridized carbons (Fsp3) is 0.267. The van der Waals surface area contributed by atoms with Crippen molar-refractivity contribution in [2.45, 2.75) is 0 Å². The summed E-state index contributed by atoms with van der Waals surface area (Å²) in [5, 5.41) is 12.9. The highest BCUT2D eigenvalue weighted by Gasteiger charge is 2.34. The Morgan fingerprint density at radius 2 is 2.20 bits per heavy atom. The number of aromatic nitrogens is 1. The summed E-state index contributed by atoms with van der Waals surface area (Å²) in [6.07, 6.45) is 0. The lowest BCUT2D eigenvalue weighted by Gasteiger charge is -2.39. The van der Waals surface area contributed by atoms with Crippen LogP contribution in [0.3, 0.4) is 0 Å². The standard InChI is InChI=1S/C15H14N4O/c1-17-15(20)12-8-19(9-12)14-11(7-16)6-10-4-2-3-5-13(10)18-14/h2-6,12H,8-9H2,1H3,(H,17,20). The molecule has 1 aliphatic heterocycles. The Balaban J connectivity index is 1.92.